The van der Waals surface area contributed by atoms with Gasteiger partial charge in [-0.05, 0) is 66.6 Å². The van der Waals surface area contributed by atoms with E-state index in [-0.39, 0.29) is 17.5 Å². The van der Waals surface area contributed by atoms with E-state index in [0.29, 0.717) is 22.9 Å². The van der Waals surface area contributed by atoms with E-state index in [9.17, 15) is 9.59 Å². The predicted molar refractivity (Wildman–Crippen MR) is 103 cm³/mol. The molecule has 2 atom stereocenters. The Morgan fingerprint density at radius 1 is 1.37 bits per heavy atom. The summed E-state index contributed by atoms with van der Waals surface area (Å²) < 4.78 is 0. The van der Waals surface area contributed by atoms with Crippen molar-refractivity contribution in [3.8, 4) is 0 Å². The highest BCUT2D eigenvalue weighted by atomic mass is 16.4. The fraction of sp³-hybridized carbons (Fsp3) is 0.190. The number of aromatic carboxylic acids is 1. The molecular weight excluding hydrogens is 342 g/mol. The molecule has 3 aliphatic rings. The van der Waals surface area contributed by atoms with Gasteiger partial charge in [-0.2, -0.15) is 10.1 Å². The molecule has 0 aromatic heterocycles. The summed E-state index contributed by atoms with van der Waals surface area (Å²) in [5.74, 6) is -0.992. The number of carbonyl (C=O) groups excluding carboxylic acids is 1. The van der Waals surface area contributed by atoms with Crippen LogP contribution in [0.3, 0.4) is 0 Å². The third-order valence-corrected chi connectivity index (χ3v) is 4.94. The molecule has 136 valence electrons. The Hall–Kier alpha value is -3.41. The third-order valence-electron chi connectivity index (χ3n) is 4.94. The molecule has 1 amide bonds. The second-order valence-electron chi connectivity index (χ2n) is 6.86. The van der Waals surface area contributed by atoms with E-state index < -0.39 is 5.97 Å². The van der Waals surface area contributed by atoms with Crippen molar-refractivity contribution in [2.24, 2.45) is 11.0 Å². The number of amides is 1. The monoisotopic (exact) mass is 361 g/mol. The van der Waals surface area contributed by atoms with Gasteiger partial charge in [-0.25, -0.2) is 4.79 Å². The van der Waals surface area contributed by atoms with Crippen molar-refractivity contribution in [3.05, 3.63) is 77.1 Å². The number of hydrazone groups is 1. The van der Waals surface area contributed by atoms with Crippen LogP contribution in [0.2, 0.25) is 0 Å². The van der Waals surface area contributed by atoms with E-state index in [1.807, 2.05) is 18.4 Å². The molecule has 1 aromatic carbocycles. The van der Waals surface area contributed by atoms with Crippen molar-refractivity contribution in [2.75, 3.05) is 5.01 Å². The van der Waals surface area contributed by atoms with Gasteiger partial charge in [-0.1, -0.05) is 19.1 Å². The molecule has 1 aromatic rings. The molecule has 0 bridgehead atoms. The number of hydrogen-bond donors (Lipinski definition) is 2. The summed E-state index contributed by atoms with van der Waals surface area (Å²) in [5, 5.41) is 18.1. The molecule has 0 radical (unpaired) electrons. The van der Waals surface area contributed by atoms with E-state index in [4.69, 9.17) is 5.11 Å². The van der Waals surface area contributed by atoms with Gasteiger partial charge in [0.15, 0.2) is 0 Å². The number of carboxylic acid groups (broad SMARTS) is 1. The first-order chi connectivity index (χ1) is 12.9. The highest BCUT2D eigenvalue weighted by molar-refractivity contribution is 6.30. The lowest BCUT2D eigenvalue weighted by Crippen LogP contribution is -2.29. The smallest absolute Gasteiger partial charge is 0.335 e. The number of rotatable bonds is 3. The molecule has 2 aliphatic heterocycles. The van der Waals surface area contributed by atoms with Crippen LogP contribution in [-0.2, 0) is 4.79 Å². The van der Waals surface area contributed by atoms with E-state index >= 15 is 0 Å². The molecule has 0 fully saturated rings. The zero-order valence-electron chi connectivity index (χ0n) is 15.0. The van der Waals surface area contributed by atoms with Gasteiger partial charge in [0, 0.05) is 0 Å². The van der Waals surface area contributed by atoms with Crippen LogP contribution in [0, 0.1) is 5.92 Å². The number of nitrogens with zero attached hydrogens (tertiary/aromatic N) is 2. The Balaban J connectivity index is 1.65. The average molecular weight is 361 g/mol. The van der Waals surface area contributed by atoms with Crippen molar-refractivity contribution in [1.82, 2.24) is 5.32 Å². The molecule has 0 saturated carbocycles. The summed E-state index contributed by atoms with van der Waals surface area (Å²) in [4.78, 5) is 24.1. The lowest BCUT2D eigenvalue weighted by atomic mass is 9.87. The Kier molecular flexibility index (Phi) is 4.03. The second kappa shape index (κ2) is 6.39. The Labute approximate surface area is 156 Å². The summed E-state index contributed by atoms with van der Waals surface area (Å²) in [7, 11) is 0. The van der Waals surface area contributed by atoms with Gasteiger partial charge < -0.3 is 10.4 Å². The van der Waals surface area contributed by atoms with E-state index in [2.05, 4.69) is 29.5 Å². The van der Waals surface area contributed by atoms with E-state index in [1.165, 1.54) is 22.7 Å². The van der Waals surface area contributed by atoms with Crippen molar-refractivity contribution in [2.45, 2.75) is 19.9 Å². The Bertz CT molecular complexity index is 998. The van der Waals surface area contributed by atoms with Gasteiger partial charge >= 0.3 is 5.97 Å². The standard InChI is InChI=1S/C21H19N3O3/c1-12-8-14(9-15-6-7-22-19(12)15)10-18-13(2)23-24(20(18)25)17-5-3-4-16(11-17)21(26)27/h3-12,19,22H,1-2H3,(H,26,27)/b18-10-. The first kappa shape index (κ1) is 17.0. The van der Waals surface area contributed by atoms with Gasteiger partial charge in [0.25, 0.3) is 5.91 Å². The van der Waals surface area contributed by atoms with Gasteiger partial charge in [-0.15, -0.1) is 0 Å². The first-order valence-corrected chi connectivity index (χ1v) is 8.75. The number of fused-ring (bicyclic) bond motifs is 1. The van der Waals surface area contributed by atoms with Gasteiger partial charge in [0.1, 0.15) is 0 Å². The van der Waals surface area contributed by atoms with Crippen molar-refractivity contribution in [1.29, 1.82) is 0 Å². The summed E-state index contributed by atoms with van der Waals surface area (Å²) in [6.07, 6.45) is 10.1. The molecule has 0 spiro atoms. The maximum atomic E-state index is 12.9. The van der Waals surface area contributed by atoms with Crippen LogP contribution in [0.15, 0.2) is 76.6 Å². The van der Waals surface area contributed by atoms with Crippen LogP contribution in [0.5, 0.6) is 0 Å². The average Bonchev–Trinajstić information content (AvgIpc) is 3.22. The summed E-state index contributed by atoms with van der Waals surface area (Å²) in [6, 6.07) is 6.50. The summed E-state index contributed by atoms with van der Waals surface area (Å²) >= 11 is 0. The highest BCUT2D eigenvalue weighted by Crippen LogP contribution is 2.30. The lowest BCUT2D eigenvalue weighted by Gasteiger charge is -2.23. The lowest BCUT2D eigenvalue weighted by molar-refractivity contribution is -0.114. The fourth-order valence-corrected chi connectivity index (χ4v) is 3.57. The molecule has 2 unspecified atom stereocenters. The number of anilines is 1. The SMILES string of the molecule is CC1=NN(c2cccc(C(=O)O)c2)C(=O)/C1=C\C1=CC(C)C2NC=CC2=C1. The number of carboxylic acids is 1. The van der Waals surface area contributed by atoms with Crippen molar-refractivity contribution in [3.63, 3.8) is 0 Å². The Morgan fingerprint density at radius 3 is 2.96 bits per heavy atom. The molecular formula is C21H19N3O3. The van der Waals surface area contributed by atoms with Crippen LogP contribution >= 0.6 is 0 Å². The van der Waals surface area contributed by atoms with Gasteiger partial charge in [0.2, 0.25) is 0 Å². The number of carbonyl (C=O) groups is 2. The van der Waals surface area contributed by atoms with Crippen molar-refractivity contribution >= 4 is 23.3 Å². The van der Waals surface area contributed by atoms with Crippen LogP contribution in [0.4, 0.5) is 5.69 Å². The predicted octanol–water partition coefficient (Wildman–Crippen LogP) is 3.02. The van der Waals surface area contributed by atoms with Crippen molar-refractivity contribution < 1.29 is 14.7 Å². The zero-order chi connectivity index (χ0) is 19.1. The number of benzene rings is 1. The molecule has 6 nitrogen and oxygen atoms in total. The highest BCUT2D eigenvalue weighted by Gasteiger charge is 2.30. The quantitative estimate of drug-likeness (QED) is 0.811. The van der Waals surface area contributed by atoms with Crippen LogP contribution in [-0.4, -0.2) is 28.7 Å². The largest absolute Gasteiger partial charge is 0.478 e. The molecule has 1 aliphatic carbocycles. The molecule has 2 N–H and O–H groups in total. The van der Waals surface area contributed by atoms with Gasteiger partial charge in [-0.3, -0.25) is 4.79 Å². The summed E-state index contributed by atoms with van der Waals surface area (Å²) in [6.45, 7) is 3.92. The van der Waals surface area contributed by atoms with E-state index in [0.717, 1.165) is 5.57 Å². The number of hydrogen-bond acceptors (Lipinski definition) is 4. The Morgan fingerprint density at radius 2 is 2.19 bits per heavy atom. The van der Waals surface area contributed by atoms with Gasteiger partial charge in [0.05, 0.1) is 28.6 Å². The topological polar surface area (TPSA) is 82.0 Å². The fourth-order valence-electron chi connectivity index (χ4n) is 3.57. The molecule has 2 heterocycles. The van der Waals surface area contributed by atoms with E-state index in [1.54, 1.807) is 19.1 Å². The molecule has 4 rings (SSSR count). The maximum Gasteiger partial charge on any atom is 0.335 e. The minimum Gasteiger partial charge on any atom is -0.478 e. The third kappa shape index (κ3) is 2.99. The minimum absolute atomic E-state index is 0.116. The van der Waals surface area contributed by atoms with Crippen LogP contribution in [0.25, 0.3) is 0 Å². The van der Waals surface area contributed by atoms with Crippen LogP contribution in [0.1, 0.15) is 24.2 Å². The zero-order valence-corrected chi connectivity index (χ0v) is 15.0. The number of nitrogens with one attached hydrogen (secondary N) is 1. The normalized spacial score (nSPS) is 25.1. The first-order valence-electron chi connectivity index (χ1n) is 8.75. The molecule has 6 heteroatoms. The molecule has 0 saturated heterocycles. The molecule has 27 heavy (non-hydrogen) atoms. The summed E-state index contributed by atoms with van der Waals surface area (Å²) in [5.41, 5.74) is 3.85. The minimum atomic E-state index is -1.04. The maximum absolute atomic E-state index is 12.9. The second-order valence-corrected chi connectivity index (χ2v) is 6.86. The van der Waals surface area contributed by atoms with Crippen LogP contribution < -0.4 is 10.3 Å². The number of allylic oxidation sites excluding steroid dienone is 3.